The van der Waals surface area contributed by atoms with Crippen molar-refractivity contribution >= 4 is 40.4 Å². The number of halogens is 1. The van der Waals surface area contributed by atoms with Crippen molar-refractivity contribution in [2.24, 2.45) is 0 Å². The molecule has 0 unspecified atom stereocenters. The highest BCUT2D eigenvalue weighted by molar-refractivity contribution is 6.09. The number of rotatable bonds is 4. The van der Waals surface area contributed by atoms with Crippen molar-refractivity contribution in [3.63, 3.8) is 0 Å². The fourth-order valence-electron chi connectivity index (χ4n) is 4.07. The van der Waals surface area contributed by atoms with Gasteiger partial charge in [-0.15, -0.1) is 5.06 Å². The molecule has 1 fully saturated rings. The van der Waals surface area contributed by atoms with Gasteiger partial charge in [0.25, 0.3) is 11.8 Å². The lowest BCUT2D eigenvalue weighted by Crippen LogP contribution is -3.00. The number of carboxylic acids is 1. The highest BCUT2D eigenvalue weighted by atomic mass is 35.5. The predicted molar refractivity (Wildman–Crippen MR) is 121 cm³/mol. The average Bonchev–Trinajstić information content (AvgIpc) is 3.13. The number of carbonyl (C=O) groups is 4. The average molecular weight is 508 g/mol. The largest absolute Gasteiger partial charge is 1.00 e. The van der Waals surface area contributed by atoms with Gasteiger partial charge in [-0.1, -0.05) is 0 Å². The minimum absolute atomic E-state index is 0. The monoisotopic (exact) mass is 507 g/mol. The van der Waals surface area contributed by atoms with Gasteiger partial charge in [0, 0.05) is 47.2 Å². The first-order valence-electron chi connectivity index (χ1n) is 10.5. The number of nitrogens with zero attached hydrogens (tertiary/aromatic N) is 1. The summed E-state index contributed by atoms with van der Waals surface area (Å²) < 4.78 is 5.98. The number of benzene rings is 3. The third kappa shape index (κ3) is 4.14. The van der Waals surface area contributed by atoms with E-state index >= 15 is 0 Å². The lowest BCUT2D eigenvalue weighted by atomic mass is 9.89. The zero-order valence-corrected chi connectivity index (χ0v) is 19.2. The molecule has 0 radical (unpaired) electrons. The summed E-state index contributed by atoms with van der Waals surface area (Å²) in [6.45, 7) is 0. The number of nitrogens with two attached hydrogens (primary N) is 2. The fourth-order valence-corrected chi connectivity index (χ4v) is 4.07. The summed E-state index contributed by atoms with van der Waals surface area (Å²) in [5.74, 6) is -3.06. The Labute approximate surface area is 209 Å². The van der Waals surface area contributed by atoms with E-state index in [2.05, 4.69) is 0 Å². The molecule has 2 amide bonds. The first-order chi connectivity index (χ1) is 16.7. The van der Waals surface area contributed by atoms with Gasteiger partial charge in [-0.05, 0) is 42.0 Å². The molecule has 0 atom stereocenters. The highest BCUT2D eigenvalue weighted by Gasteiger charge is 2.33. The Morgan fingerprint density at radius 3 is 2.39 bits per heavy atom. The van der Waals surface area contributed by atoms with E-state index in [0.717, 1.165) is 0 Å². The molecule has 0 saturated carbocycles. The van der Waals surface area contributed by atoms with E-state index in [4.69, 9.17) is 20.4 Å². The zero-order valence-electron chi connectivity index (χ0n) is 18.5. The van der Waals surface area contributed by atoms with E-state index in [1.165, 1.54) is 18.2 Å². The van der Waals surface area contributed by atoms with E-state index < -0.39 is 23.8 Å². The standard InChI is InChI=1S/C25H17N3O7.ClH/c26-13-2-5-16-19(10-13)34-20-11-14(27)3-6-17(20)23(16)18-9-12(1-4-15(18)24(31)32)25(33)35-28-21(29)7-8-22(28)30;/h1-6,9-11,26H,7-8,27H2,(H,31,32);1H. The number of anilines is 1. The molecule has 0 spiro atoms. The molecule has 36 heavy (non-hydrogen) atoms. The molecular weight excluding hydrogens is 490 g/mol. The summed E-state index contributed by atoms with van der Waals surface area (Å²) in [6.07, 6.45) is -0.0971. The van der Waals surface area contributed by atoms with Gasteiger partial charge < -0.3 is 32.5 Å². The number of hydroxylamine groups is 2. The van der Waals surface area contributed by atoms with Crippen LogP contribution in [-0.4, -0.2) is 33.9 Å². The molecule has 10 nitrogen and oxygen atoms in total. The summed E-state index contributed by atoms with van der Waals surface area (Å²) in [5, 5.41) is 17.3. The van der Waals surface area contributed by atoms with Crippen LogP contribution in [0, 0.1) is 0 Å². The fraction of sp³-hybridized carbons (Fsp3) is 0.0800. The normalized spacial score (nSPS) is 13.2. The van der Waals surface area contributed by atoms with Gasteiger partial charge in [-0.2, -0.15) is 0 Å². The molecule has 5 rings (SSSR count). The molecule has 2 aromatic rings. The van der Waals surface area contributed by atoms with E-state index in [1.54, 1.807) is 36.4 Å². The van der Waals surface area contributed by atoms with Crippen LogP contribution in [0.3, 0.4) is 0 Å². The lowest BCUT2D eigenvalue weighted by molar-refractivity contribution is -0.173. The molecule has 0 bridgehead atoms. The van der Waals surface area contributed by atoms with Crippen molar-refractivity contribution in [2.45, 2.75) is 12.8 Å². The smallest absolute Gasteiger partial charge is 0.363 e. The van der Waals surface area contributed by atoms with Crippen molar-refractivity contribution in [2.75, 3.05) is 5.73 Å². The minimum Gasteiger partial charge on any atom is -1.00 e. The maximum atomic E-state index is 12.8. The van der Waals surface area contributed by atoms with E-state index in [0.29, 0.717) is 44.0 Å². The molecular formula is C25H18ClN3O7. The van der Waals surface area contributed by atoms with Gasteiger partial charge in [0.2, 0.25) is 0 Å². The third-order valence-corrected chi connectivity index (χ3v) is 5.70. The zero-order chi connectivity index (χ0) is 24.9. The van der Waals surface area contributed by atoms with Crippen molar-refractivity contribution in [1.82, 2.24) is 5.06 Å². The maximum Gasteiger partial charge on any atom is 0.363 e. The maximum absolute atomic E-state index is 12.8. The van der Waals surface area contributed by atoms with E-state index in [9.17, 15) is 24.3 Å². The van der Waals surface area contributed by atoms with Crippen LogP contribution in [0.5, 0.6) is 0 Å². The summed E-state index contributed by atoms with van der Waals surface area (Å²) in [4.78, 5) is 53.7. The number of imide groups is 1. The quantitative estimate of drug-likeness (QED) is 0.168. The first kappa shape index (κ1) is 24.4. The topological polar surface area (TPSA) is 166 Å². The predicted octanol–water partition coefficient (Wildman–Crippen LogP) is -1.63. The Morgan fingerprint density at radius 1 is 0.972 bits per heavy atom. The van der Waals surface area contributed by atoms with Crippen molar-refractivity contribution in [3.8, 4) is 22.5 Å². The molecule has 2 aromatic carbocycles. The second kappa shape index (κ2) is 9.16. The third-order valence-electron chi connectivity index (χ3n) is 5.70. The molecule has 2 aliphatic heterocycles. The van der Waals surface area contributed by atoms with Crippen molar-refractivity contribution in [3.05, 3.63) is 71.1 Å². The van der Waals surface area contributed by atoms with Crippen LogP contribution in [0.4, 0.5) is 5.69 Å². The van der Waals surface area contributed by atoms with Crippen molar-refractivity contribution in [1.29, 1.82) is 0 Å². The number of amides is 2. The Bertz CT molecular complexity index is 1600. The van der Waals surface area contributed by atoms with E-state index in [1.807, 2.05) is 0 Å². The number of hydrogen-bond donors (Lipinski definition) is 3. The van der Waals surface area contributed by atoms with Gasteiger partial charge in [0.15, 0.2) is 5.36 Å². The highest BCUT2D eigenvalue weighted by Crippen LogP contribution is 2.42. The molecule has 0 aromatic heterocycles. The Balaban J connectivity index is 0.00000304. The minimum atomic E-state index is -1.22. The summed E-state index contributed by atoms with van der Waals surface area (Å²) in [7, 11) is 0. The second-order valence-corrected chi connectivity index (χ2v) is 8.01. The van der Waals surface area contributed by atoms with Crippen LogP contribution in [-0.2, 0) is 14.4 Å². The van der Waals surface area contributed by atoms with Gasteiger partial charge in [0.1, 0.15) is 11.3 Å². The van der Waals surface area contributed by atoms with Crippen molar-refractivity contribution < 1.29 is 51.4 Å². The van der Waals surface area contributed by atoms with Gasteiger partial charge in [-0.3, -0.25) is 15.0 Å². The number of carboxylic acid groups (broad SMARTS) is 1. The molecule has 1 aliphatic carbocycles. The number of aromatic carboxylic acids is 1. The molecule has 3 aliphatic rings. The summed E-state index contributed by atoms with van der Waals surface area (Å²) >= 11 is 0. The van der Waals surface area contributed by atoms with Crippen LogP contribution in [0.2, 0.25) is 0 Å². The Hall–Kier alpha value is -4.70. The second-order valence-electron chi connectivity index (χ2n) is 8.01. The van der Waals surface area contributed by atoms with Crippen LogP contribution in [0.25, 0.3) is 33.4 Å². The van der Waals surface area contributed by atoms with Gasteiger partial charge in [0.05, 0.1) is 17.2 Å². The van der Waals surface area contributed by atoms with Crippen LogP contribution >= 0.6 is 0 Å². The van der Waals surface area contributed by atoms with Crippen LogP contribution in [0.15, 0.2) is 59.0 Å². The molecule has 11 heteroatoms. The lowest BCUT2D eigenvalue weighted by Gasteiger charge is -2.18. The summed E-state index contributed by atoms with van der Waals surface area (Å²) in [6, 6.07) is 13.7. The van der Waals surface area contributed by atoms with E-state index in [-0.39, 0.29) is 41.9 Å². The van der Waals surface area contributed by atoms with Crippen LogP contribution in [0.1, 0.15) is 33.6 Å². The number of carbonyl (C=O) groups excluding carboxylic acids is 3. The molecule has 182 valence electrons. The molecule has 2 heterocycles. The SMILES string of the molecule is Nc1ccc2c(-c3cc(C(=O)ON4C(=O)CCC4=O)ccc3C(=O)O)c3ccc(=[NH2+])cc-3oc2c1.[Cl-]. The number of nitrogen functional groups attached to an aromatic ring is 1. The van der Waals surface area contributed by atoms with Gasteiger partial charge >= 0.3 is 11.9 Å². The summed E-state index contributed by atoms with van der Waals surface area (Å²) in [5.41, 5.74) is 7.84. The Morgan fingerprint density at radius 2 is 1.69 bits per heavy atom. The molecule has 5 N–H and O–H groups in total. The number of fused-ring (bicyclic) bond motifs is 2. The van der Waals surface area contributed by atoms with Crippen LogP contribution < -0.4 is 28.9 Å². The first-order valence-corrected chi connectivity index (χ1v) is 10.5. The van der Waals surface area contributed by atoms with Gasteiger partial charge in [-0.25, -0.2) is 9.59 Å². The molecule has 1 saturated heterocycles. The number of hydrogen-bond acceptors (Lipinski definition) is 7. The Kier molecular flexibility index (Phi) is 6.21.